The number of halogens is 2. The van der Waals surface area contributed by atoms with Crippen LogP contribution < -0.4 is 0 Å². The molecule has 0 unspecified atom stereocenters. The molecule has 0 radical (unpaired) electrons. The number of furan rings is 1. The van der Waals surface area contributed by atoms with Crippen molar-refractivity contribution in [2.75, 3.05) is 0 Å². The smallest absolute Gasteiger partial charge is 0.161 e. The first-order valence-corrected chi connectivity index (χ1v) is 17.4. The summed E-state index contributed by atoms with van der Waals surface area (Å²) in [6, 6.07) is 54.5. The van der Waals surface area contributed by atoms with Gasteiger partial charge >= 0.3 is 0 Å². The zero-order chi connectivity index (χ0) is 35.5. The molecule has 0 aliphatic heterocycles. The number of aromatic nitrogens is 2. The van der Waals surface area contributed by atoms with E-state index in [1.807, 2.05) is 24.3 Å². The Labute approximate surface area is 303 Å². The van der Waals surface area contributed by atoms with Gasteiger partial charge in [0.15, 0.2) is 5.82 Å². The van der Waals surface area contributed by atoms with Crippen molar-refractivity contribution >= 4 is 43.5 Å². The second-order valence-electron chi connectivity index (χ2n) is 13.3. The van der Waals surface area contributed by atoms with E-state index in [1.54, 1.807) is 24.3 Å². The topological polar surface area (TPSA) is 38.9 Å². The highest BCUT2D eigenvalue weighted by Crippen LogP contribution is 2.42. The standard InChI is InChI=1S/C48H28F2N2O/c49-38-20-15-32(16-21-38)43-28-44(33-17-22-39(50)23-18-33)52-48(51-43)42-27-37-7-3-4-8-40(37)47-46(42)41-26-36(19-24-45(41)53-47)31-11-9-30(10-12-31)35-14-13-29-5-1-2-6-34(29)25-35/h1-28H. The maximum Gasteiger partial charge on any atom is 0.161 e. The molecule has 0 aliphatic carbocycles. The van der Waals surface area contributed by atoms with Crippen molar-refractivity contribution in [2.45, 2.75) is 0 Å². The number of hydrogen-bond acceptors (Lipinski definition) is 3. The van der Waals surface area contributed by atoms with Crippen LogP contribution in [0.1, 0.15) is 0 Å². The van der Waals surface area contributed by atoms with Crippen molar-refractivity contribution in [3.05, 3.63) is 181 Å². The number of benzene rings is 8. The summed E-state index contributed by atoms with van der Waals surface area (Å²) in [5.41, 5.74) is 9.48. The molecule has 0 saturated carbocycles. The molecule has 0 aliphatic rings. The third-order valence-electron chi connectivity index (χ3n) is 10.0. The van der Waals surface area contributed by atoms with Gasteiger partial charge in [-0.25, -0.2) is 18.7 Å². The molecule has 0 atom stereocenters. The molecule has 53 heavy (non-hydrogen) atoms. The highest BCUT2D eigenvalue weighted by Gasteiger charge is 2.20. The zero-order valence-corrected chi connectivity index (χ0v) is 28.2. The Hall–Kier alpha value is -6.98. The third-order valence-corrected chi connectivity index (χ3v) is 10.0. The van der Waals surface area contributed by atoms with Crippen molar-refractivity contribution in [1.29, 1.82) is 0 Å². The van der Waals surface area contributed by atoms with E-state index >= 15 is 0 Å². The summed E-state index contributed by atoms with van der Waals surface area (Å²) < 4.78 is 34.6. The molecule has 0 fully saturated rings. The molecule has 8 aromatic carbocycles. The molecule has 0 spiro atoms. The molecule has 5 heteroatoms. The average molecular weight is 687 g/mol. The summed E-state index contributed by atoms with van der Waals surface area (Å²) in [4.78, 5) is 10.2. The van der Waals surface area contributed by atoms with Crippen molar-refractivity contribution in [3.63, 3.8) is 0 Å². The molecule has 3 nitrogen and oxygen atoms in total. The molecule has 2 heterocycles. The maximum atomic E-state index is 14.0. The van der Waals surface area contributed by atoms with Gasteiger partial charge in [-0.05, 0) is 117 Å². The number of hydrogen-bond donors (Lipinski definition) is 0. The van der Waals surface area contributed by atoms with Crippen LogP contribution in [0, 0.1) is 11.6 Å². The Balaban J connectivity index is 1.16. The Kier molecular flexibility index (Phi) is 7.18. The first-order chi connectivity index (χ1) is 26.0. The molecule has 250 valence electrons. The average Bonchev–Trinajstić information content (AvgIpc) is 3.60. The third kappa shape index (κ3) is 5.51. The van der Waals surface area contributed by atoms with Gasteiger partial charge in [-0.2, -0.15) is 0 Å². The summed E-state index contributed by atoms with van der Waals surface area (Å²) in [6.45, 7) is 0. The minimum absolute atomic E-state index is 0.331. The van der Waals surface area contributed by atoms with Gasteiger partial charge in [0.25, 0.3) is 0 Å². The lowest BCUT2D eigenvalue weighted by Gasteiger charge is -2.11. The zero-order valence-electron chi connectivity index (χ0n) is 28.2. The van der Waals surface area contributed by atoms with Crippen molar-refractivity contribution in [2.24, 2.45) is 0 Å². The number of fused-ring (bicyclic) bond motifs is 6. The molecule has 2 aromatic heterocycles. The fourth-order valence-corrected chi connectivity index (χ4v) is 7.30. The molecular weight excluding hydrogens is 659 g/mol. The van der Waals surface area contributed by atoms with Gasteiger partial charge < -0.3 is 4.42 Å². The quantitative estimate of drug-likeness (QED) is 0.181. The summed E-state index contributed by atoms with van der Waals surface area (Å²) in [7, 11) is 0. The van der Waals surface area contributed by atoms with Gasteiger partial charge in [0.1, 0.15) is 22.8 Å². The predicted octanol–water partition coefficient (Wildman–Crippen LogP) is 13.3. The summed E-state index contributed by atoms with van der Waals surface area (Å²) in [6.07, 6.45) is 0. The highest BCUT2D eigenvalue weighted by molar-refractivity contribution is 6.21. The molecule has 0 saturated heterocycles. The second-order valence-corrected chi connectivity index (χ2v) is 13.3. The number of rotatable bonds is 5. The minimum Gasteiger partial charge on any atom is -0.455 e. The van der Waals surface area contributed by atoms with Crippen LogP contribution in [0.15, 0.2) is 174 Å². The molecular formula is C48H28F2N2O. The molecule has 10 aromatic rings. The predicted molar refractivity (Wildman–Crippen MR) is 211 cm³/mol. The Morgan fingerprint density at radius 1 is 0.396 bits per heavy atom. The van der Waals surface area contributed by atoms with E-state index in [-0.39, 0.29) is 11.6 Å². The van der Waals surface area contributed by atoms with Crippen LogP contribution in [0.5, 0.6) is 0 Å². The maximum absolute atomic E-state index is 14.0. The summed E-state index contributed by atoms with van der Waals surface area (Å²) in [5, 5.41) is 6.24. The van der Waals surface area contributed by atoms with E-state index in [2.05, 4.69) is 97.1 Å². The largest absolute Gasteiger partial charge is 0.455 e. The lowest BCUT2D eigenvalue weighted by molar-refractivity contribution is 0.627. The molecule has 0 N–H and O–H groups in total. The van der Waals surface area contributed by atoms with Crippen LogP contribution >= 0.6 is 0 Å². The van der Waals surface area contributed by atoms with E-state index in [1.165, 1.54) is 40.6 Å². The van der Waals surface area contributed by atoms with Gasteiger partial charge in [-0.15, -0.1) is 0 Å². The molecule has 10 rings (SSSR count). The number of nitrogens with zero attached hydrogens (tertiary/aromatic N) is 2. The minimum atomic E-state index is -0.331. The fourth-order valence-electron chi connectivity index (χ4n) is 7.30. The van der Waals surface area contributed by atoms with Crippen LogP contribution in [0.4, 0.5) is 8.78 Å². The Bertz CT molecular complexity index is 2940. The first kappa shape index (κ1) is 30.8. The van der Waals surface area contributed by atoms with E-state index in [9.17, 15) is 8.78 Å². The van der Waals surface area contributed by atoms with Gasteiger partial charge in [-0.3, -0.25) is 0 Å². The molecule has 0 amide bonds. The van der Waals surface area contributed by atoms with Crippen LogP contribution in [0.25, 0.3) is 99.6 Å². The normalized spacial score (nSPS) is 11.6. The highest BCUT2D eigenvalue weighted by atomic mass is 19.1. The van der Waals surface area contributed by atoms with Crippen molar-refractivity contribution in [3.8, 4) is 56.2 Å². The monoisotopic (exact) mass is 686 g/mol. The van der Waals surface area contributed by atoms with Gasteiger partial charge in [0.2, 0.25) is 0 Å². The lowest BCUT2D eigenvalue weighted by atomic mass is 9.96. The van der Waals surface area contributed by atoms with Crippen LogP contribution in [0.3, 0.4) is 0 Å². The van der Waals surface area contributed by atoms with E-state index in [4.69, 9.17) is 14.4 Å². The van der Waals surface area contributed by atoms with Gasteiger partial charge in [0, 0.05) is 32.8 Å². The van der Waals surface area contributed by atoms with Crippen molar-refractivity contribution < 1.29 is 13.2 Å². The van der Waals surface area contributed by atoms with Crippen LogP contribution in [-0.4, -0.2) is 9.97 Å². The van der Waals surface area contributed by atoms with E-state index in [0.717, 1.165) is 66.1 Å². The van der Waals surface area contributed by atoms with Gasteiger partial charge in [0.05, 0.1) is 11.4 Å². The van der Waals surface area contributed by atoms with Crippen LogP contribution in [-0.2, 0) is 0 Å². The summed E-state index contributed by atoms with van der Waals surface area (Å²) >= 11 is 0. The SMILES string of the molecule is Fc1ccc(-c2cc(-c3ccc(F)cc3)nc(-c3cc4ccccc4c4oc5ccc(-c6ccc(-c7ccc8ccccc8c7)cc6)cc5c34)n2)cc1. The summed E-state index contributed by atoms with van der Waals surface area (Å²) in [5.74, 6) is -0.182. The van der Waals surface area contributed by atoms with Crippen molar-refractivity contribution in [1.82, 2.24) is 9.97 Å². The lowest BCUT2D eigenvalue weighted by Crippen LogP contribution is -1.97. The molecule has 0 bridgehead atoms. The second kappa shape index (κ2) is 12.4. The van der Waals surface area contributed by atoms with E-state index in [0.29, 0.717) is 17.2 Å². The van der Waals surface area contributed by atoms with E-state index < -0.39 is 0 Å². The van der Waals surface area contributed by atoms with Crippen LogP contribution in [0.2, 0.25) is 0 Å². The fraction of sp³-hybridized carbons (Fsp3) is 0. The Morgan fingerprint density at radius 2 is 0.925 bits per heavy atom. The van der Waals surface area contributed by atoms with Gasteiger partial charge in [-0.1, -0.05) is 91.0 Å². The Morgan fingerprint density at radius 3 is 1.58 bits per heavy atom. The first-order valence-electron chi connectivity index (χ1n) is 17.4.